The Balaban J connectivity index is 2.82. The number of rotatable bonds is 9. The molecule has 0 spiro atoms. The fraction of sp³-hybridized carbons (Fsp3) is 0.438. The number of hydrogen-bond donors (Lipinski definition) is 2. The van der Waals surface area contributed by atoms with E-state index < -0.39 is 17.1 Å². The minimum Gasteiger partial charge on any atom is -0.497 e. The lowest BCUT2D eigenvalue weighted by atomic mass is 9.99. The van der Waals surface area contributed by atoms with Gasteiger partial charge >= 0.3 is 5.97 Å². The Morgan fingerprint density at radius 1 is 1.26 bits per heavy atom. The van der Waals surface area contributed by atoms with Crippen LogP contribution in [0.2, 0.25) is 0 Å². The topological polar surface area (TPSA) is 92.7 Å². The number of carboxylic acids is 1. The molecule has 2 N–H and O–H groups in total. The zero-order valence-electron chi connectivity index (χ0n) is 13.4. The van der Waals surface area contributed by atoms with Crippen LogP contribution in [-0.4, -0.2) is 47.4 Å². The number of ketones is 1. The molecule has 0 fully saturated rings. The molecule has 0 bridgehead atoms. The second-order valence-corrected chi connectivity index (χ2v) is 6.24. The van der Waals surface area contributed by atoms with Gasteiger partial charge < -0.3 is 15.2 Å². The molecule has 7 heteroatoms. The van der Waals surface area contributed by atoms with Gasteiger partial charge in [0.15, 0.2) is 5.78 Å². The summed E-state index contributed by atoms with van der Waals surface area (Å²) in [4.78, 5) is 34.7. The van der Waals surface area contributed by atoms with Crippen molar-refractivity contribution >= 4 is 29.4 Å². The Morgan fingerprint density at radius 2 is 1.87 bits per heavy atom. The van der Waals surface area contributed by atoms with E-state index in [1.54, 1.807) is 24.3 Å². The van der Waals surface area contributed by atoms with Crippen LogP contribution in [0.5, 0.6) is 5.75 Å². The number of thioether (sulfide) groups is 1. The third kappa shape index (κ3) is 5.94. The van der Waals surface area contributed by atoms with E-state index in [0.29, 0.717) is 23.6 Å². The number of methoxy groups -OCH3 is 1. The highest BCUT2D eigenvalue weighted by Crippen LogP contribution is 2.25. The van der Waals surface area contributed by atoms with E-state index in [-0.39, 0.29) is 11.7 Å². The average molecular weight is 339 g/mol. The first-order chi connectivity index (χ1) is 10.9. The Kier molecular flexibility index (Phi) is 7.61. The number of aliphatic carboxylic acids is 1. The second kappa shape index (κ2) is 9.19. The van der Waals surface area contributed by atoms with Gasteiger partial charge in [0.25, 0.3) is 0 Å². The maximum absolute atomic E-state index is 12.6. The van der Waals surface area contributed by atoms with E-state index in [2.05, 4.69) is 5.32 Å². The normalized spacial score (nSPS) is 13.0. The molecule has 6 nitrogen and oxygen atoms in total. The number of amides is 1. The van der Waals surface area contributed by atoms with E-state index in [1.165, 1.54) is 32.7 Å². The molecule has 126 valence electrons. The van der Waals surface area contributed by atoms with Gasteiger partial charge in [-0.2, -0.15) is 0 Å². The van der Waals surface area contributed by atoms with Crippen molar-refractivity contribution in [2.24, 2.45) is 5.92 Å². The third-order valence-corrected chi connectivity index (χ3v) is 4.67. The summed E-state index contributed by atoms with van der Waals surface area (Å²) in [6, 6.07) is 6.57. The van der Waals surface area contributed by atoms with Crippen LogP contribution in [0.4, 0.5) is 0 Å². The number of carbonyl (C=O) groups excluding carboxylic acids is 2. The Bertz CT molecular complexity index is 558. The molecule has 0 heterocycles. The number of ether oxygens (including phenoxy) is 1. The first-order valence-corrected chi connectivity index (χ1v) is 8.18. The van der Waals surface area contributed by atoms with E-state index in [4.69, 9.17) is 4.74 Å². The first kappa shape index (κ1) is 19.0. The number of benzene rings is 1. The molecular weight excluding hydrogens is 318 g/mol. The maximum Gasteiger partial charge on any atom is 0.307 e. The molecule has 2 unspecified atom stereocenters. The molecule has 0 radical (unpaired) electrons. The molecule has 2 atom stereocenters. The van der Waals surface area contributed by atoms with Crippen molar-refractivity contribution in [3.63, 3.8) is 0 Å². The van der Waals surface area contributed by atoms with Crippen molar-refractivity contribution < 1.29 is 24.2 Å². The maximum atomic E-state index is 12.6. The van der Waals surface area contributed by atoms with Crippen LogP contribution in [0.1, 0.15) is 24.2 Å². The summed E-state index contributed by atoms with van der Waals surface area (Å²) in [6.07, 6.45) is 0. The summed E-state index contributed by atoms with van der Waals surface area (Å²) in [5.74, 6) is -1.16. The largest absolute Gasteiger partial charge is 0.497 e. The van der Waals surface area contributed by atoms with Crippen molar-refractivity contribution in [3.8, 4) is 5.75 Å². The van der Waals surface area contributed by atoms with Crippen molar-refractivity contribution in [2.45, 2.75) is 19.1 Å². The van der Waals surface area contributed by atoms with Crippen LogP contribution in [-0.2, 0) is 9.59 Å². The van der Waals surface area contributed by atoms with Gasteiger partial charge in [-0.1, -0.05) is 6.92 Å². The monoisotopic (exact) mass is 339 g/mol. The predicted molar refractivity (Wildman–Crippen MR) is 89.1 cm³/mol. The van der Waals surface area contributed by atoms with Crippen molar-refractivity contribution in [3.05, 3.63) is 29.8 Å². The van der Waals surface area contributed by atoms with Gasteiger partial charge in [-0.25, -0.2) is 0 Å². The number of Topliss-reactive ketones (excluding diaryl/α,β-unsaturated/α-hetero) is 1. The van der Waals surface area contributed by atoms with E-state index in [0.717, 1.165) is 0 Å². The highest BCUT2D eigenvalue weighted by Gasteiger charge is 2.31. The predicted octanol–water partition coefficient (Wildman–Crippen LogP) is 1.84. The average Bonchev–Trinajstić information content (AvgIpc) is 2.53. The first-order valence-electron chi connectivity index (χ1n) is 7.14. The minimum absolute atomic E-state index is 0.157. The molecule has 0 aromatic heterocycles. The molecule has 0 aliphatic rings. The zero-order chi connectivity index (χ0) is 17.4. The van der Waals surface area contributed by atoms with E-state index in [1.807, 2.05) is 0 Å². The fourth-order valence-electron chi connectivity index (χ4n) is 1.91. The summed E-state index contributed by atoms with van der Waals surface area (Å²) in [5, 5.41) is 11.1. The molecule has 0 saturated heterocycles. The van der Waals surface area contributed by atoms with E-state index >= 15 is 0 Å². The second-order valence-electron chi connectivity index (χ2n) is 4.99. The van der Waals surface area contributed by atoms with E-state index in [9.17, 15) is 19.5 Å². The van der Waals surface area contributed by atoms with Gasteiger partial charge in [-0.3, -0.25) is 14.4 Å². The van der Waals surface area contributed by atoms with Gasteiger partial charge in [-0.15, -0.1) is 11.8 Å². The van der Waals surface area contributed by atoms with Crippen LogP contribution >= 0.6 is 11.8 Å². The Labute approximate surface area is 139 Å². The Hall–Kier alpha value is -2.02. The van der Waals surface area contributed by atoms with Gasteiger partial charge in [0.05, 0.1) is 18.3 Å². The summed E-state index contributed by atoms with van der Waals surface area (Å²) in [5.41, 5.74) is 0.441. The summed E-state index contributed by atoms with van der Waals surface area (Å²) in [6.45, 7) is 3.31. The van der Waals surface area contributed by atoms with Crippen LogP contribution in [0.15, 0.2) is 24.3 Å². The van der Waals surface area contributed by atoms with Gasteiger partial charge in [0.2, 0.25) is 5.91 Å². The number of carbonyl (C=O) groups is 3. The molecule has 23 heavy (non-hydrogen) atoms. The van der Waals surface area contributed by atoms with Crippen LogP contribution in [0.25, 0.3) is 0 Å². The quantitative estimate of drug-likeness (QED) is 0.527. The standard InChI is InChI=1S/C16H21NO5S/c1-10(16(20)21)15(23-9-8-17-11(2)18)14(19)12-4-6-13(22-3)7-5-12/h4-7,10,15H,8-9H2,1-3H3,(H,17,18)(H,20,21). The summed E-state index contributed by atoms with van der Waals surface area (Å²) in [7, 11) is 1.53. The SMILES string of the molecule is COc1ccc(C(=O)C(SCCNC(C)=O)C(C)C(=O)O)cc1. The lowest BCUT2D eigenvalue weighted by Crippen LogP contribution is -2.32. The fourth-order valence-corrected chi connectivity index (χ4v) is 3.08. The Morgan fingerprint density at radius 3 is 2.35 bits per heavy atom. The molecule has 1 rings (SSSR count). The van der Waals surface area contributed by atoms with Crippen LogP contribution in [0.3, 0.4) is 0 Å². The smallest absolute Gasteiger partial charge is 0.307 e. The summed E-state index contributed by atoms with van der Waals surface area (Å²) >= 11 is 1.24. The van der Waals surface area contributed by atoms with Crippen molar-refractivity contribution in [2.75, 3.05) is 19.4 Å². The number of nitrogens with one attached hydrogen (secondary N) is 1. The molecule has 1 amide bonds. The third-order valence-electron chi connectivity index (χ3n) is 3.25. The van der Waals surface area contributed by atoms with Gasteiger partial charge in [-0.05, 0) is 24.3 Å². The zero-order valence-corrected chi connectivity index (χ0v) is 14.2. The molecule has 1 aromatic carbocycles. The minimum atomic E-state index is -1.02. The number of carboxylic acid groups (broad SMARTS) is 1. The summed E-state index contributed by atoms with van der Waals surface area (Å²) < 4.78 is 5.05. The van der Waals surface area contributed by atoms with Crippen molar-refractivity contribution in [1.29, 1.82) is 0 Å². The van der Waals surface area contributed by atoms with Crippen LogP contribution in [0, 0.1) is 5.92 Å². The lowest BCUT2D eigenvalue weighted by molar-refractivity contribution is -0.140. The molecule has 0 saturated carbocycles. The van der Waals surface area contributed by atoms with Gasteiger partial charge in [0, 0.05) is 24.8 Å². The highest BCUT2D eigenvalue weighted by atomic mass is 32.2. The molecule has 0 aliphatic carbocycles. The molecule has 1 aromatic rings. The van der Waals surface area contributed by atoms with Crippen LogP contribution < -0.4 is 10.1 Å². The molecular formula is C16H21NO5S. The van der Waals surface area contributed by atoms with Crippen molar-refractivity contribution in [1.82, 2.24) is 5.32 Å². The molecule has 0 aliphatic heterocycles. The highest BCUT2D eigenvalue weighted by molar-refractivity contribution is 8.00. The van der Waals surface area contributed by atoms with Gasteiger partial charge in [0.1, 0.15) is 5.75 Å². The lowest BCUT2D eigenvalue weighted by Gasteiger charge is -2.19. The number of hydrogen-bond acceptors (Lipinski definition) is 5.